The molecule has 2 aromatic heterocycles. The van der Waals surface area contributed by atoms with Crippen LogP contribution in [-0.4, -0.2) is 76.0 Å². The van der Waals surface area contributed by atoms with Crippen LogP contribution in [0.25, 0.3) is 22.4 Å². The summed E-state index contributed by atoms with van der Waals surface area (Å²) in [6, 6.07) is 14.0. The Morgan fingerprint density at radius 2 is 1.97 bits per heavy atom. The molecule has 0 saturated carbocycles. The zero-order valence-corrected chi connectivity index (χ0v) is 20.8. The Kier molecular flexibility index (Phi) is 7.08. The normalized spacial score (nSPS) is 15.1. The molecule has 3 heterocycles. The van der Waals surface area contributed by atoms with Gasteiger partial charge in [-0.3, -0.25) is 19.9 Å². The molecule has 1 amide bonds. The van der Waals surface area contributed by atoms with Crippen LogP contribution >= 0.6 is 11.3 Å². The fraction of sp³-hybridized carbons (Fsp3) is 0.346. The molecule has 0 spiro atoms. The van der Waals surface area contributed by atoms with Crippen LogP contribution in [0.4, 0.5) is 5.13 Å². The molecule has 1 saturated heterocycles. The number of fused-ring (bicyclic) bond motifs is 1. The standard InChI is InChI=1S/C26H30N6O2S/c1-18(2)32-13-11-31(12-14-32)15-16-34-22-9-4-3-6-19(22)24-28-21-8-5-7-20(23(21)29-24)25(33)30-26-27-10-17-35-26/h3-10,17-18H,11-16H2,1-2H3,(H,28,29)(H,27,30,33). The number of nitrogens with one attached hydrogen (secondary N) is 2. The highest BCUT2D eigenvalue weighted by Crippen LogP contribution is 2.30. The molecule has 1 aliphatic rings. The van der Waals surface area contributed by atoms with Gasteiger partial charge in [0.15, 0.2) is 5.13 Å². The molecule has 35 heavy (non-hydrogen) atoms. The van der Waals surface area contributed by atoms with Crippen molar-refractivity contribution >= 4 is 33.4 Å². The van der Waals surface area contributed by atoms with Gasteiger partial charge >= 0.3 is 0 Å². The molecule has 1 fully saturated rings. The number of imidazole rings is 1. The van der Waals surface area contributed by atoms with E-state index in [0.29, 0.717) is 34.7 Å². The van der Waals surface area contributed by atoms with Crippen LogP contribution in [0.5, 0.6) is 5.75 Å². The lowest BCUT2D eigenvalue weighted by Crippen LogP contribution is -2.49. The van der Waals surface area contributed by atoms with Crippen LogP contribution < -0.4 is 10.1 Å². The number of H-pyrrole nitrogens is 1. The Bertz CT molecular complexity index is 1280. The van der Waals surface area contributed by atoms with Crippen LogP contribution in [0, 0.1) is 0 Å². The molecular weight excluding hydrogens is 460 g/mol. The Labute approximate surface area is 209 Å². The molecule has 2 N–H and O–H groups in total. The van der Waals surface area contributed by atoms with E-state index < -0.39 is 0 Å². The summed E-state index contributed by atoms with van der Waals surface area (Å²) in [5.74, 6) is 1.22. The zero-order chi connectivity index (χ0) is 24.2. The van der Waals surface area contributed by atoms with Crippen molar-refractivity contribution in [3.8, 4) is 17.1 Å². The van der Waals surface area contributed by atoms with E-state index in [2.05, 4.69) is 38.9 Å². The van der Waals surface area contributed by atoms with E-state index in [1.54, 1.807) is 12.3 Å². The Morgan fingerprint density at radius 3 is 2.74 bits per heavy atom. The van der Waals surface area contributed by atoms with E-state index in [9.17, 15) is 4.79 Å². The lowest BCUT2D eigenvalue weighted by Gasteiger charge is -2.36. The second-order valence-corrected chi connectivity index (χ2v) is 9.79. The molecule has 0 atom stereocenters. The molecule has 5 rings (SSSR count). The van der Waals surface area contributed by atoms with Crippen LogP contribution in [-0.2, 0) is 0 Å². The van der Waals surface area contributed by atoms with Gasteiger partial charge < -0.3 is 9.72 Å². The number of ether oxygens (including phenoxy) is 1. The number of anilines is 1. The Hall–Kier alpha value is -3.27. The fourth-order valence-corrected chi connectivity index (χ4v) is 4.89. The van der Waals surface area contributed by atoms with E-state index in [1.165, 1.54) is 11.3 Å². The highest BCUT2D eigenvalue weighted by molar-refractivity contribution is 7.13. The van der Waals surface area contributed by atoms with Crippen molar-refractivity contribution in [2.45, 2.75) is 19.9 Å². The predicted molar refractivity (Wildman–Crippen MR) is 140 cm³/mol. The summed E-state index contributed by atoms with van der Waals surface area (Å²) in [6.45, 7) is 10.4. The number of hydrogen-bond acceptors (Lipinski definition) is 7. The van der Waals surface area contributed by atoms with E-state index in [4.69, 9.17) is 9.72 Å². The number of aromatic amines is 1. The predicted octanol–water partition coefficient (Wildman–Crippen LogP) is 4.34. The van der Waals surface area contributed by atoms with Crippen molar-refractivity contribution in [3.05, 3.63) is 59.6 Å². The summed E-state index contributed by atoms with van der Waals surface area (Å²) in [5, 5.41) is 5.23. The number of aromatic nitrogens is 3. The zero-order valence-electron chi connectivity index (χ0n) is 20.0. The van der Waals surface area contributed by atoms with Crippen LogP contribution in [0.1, 0.15) is 24.2 Å². The number of carbonyl (C=O) groups excluding carboxylic acids is 1. The molecule has 0 radical (unpaired) electrons. The average Bonchev–Trinajstić information content (AvgIpc) is 3.54. The molecule has 0 aliphatic carbocycles. The highest BCUT2D eigenvalue weighted by atomic mass is 32.1. The molecule has 8 nitrogen and oxygen atoms in total. The van der Waals surface area contributed by atoms with Gasteiger partial charge in [-0.05, 0) is 38.1 Å². The van der Waals surface area contributed by atoms with E-state index in [0.717, 1.165) is 49.6 Å². The maximum absolute atomic E-state index is 12.9. The molecular formula is C26H30N6O2S. The second kappa shape index (κ2) is 10.6. The highest BCUT2D eigenvalue weighted by Gasteiger charge is 2.19. The van der Waals surface area contributed by atoms with Gasteiger partial charge in [-0.15, -0.1) is 11.3 Å². The van der Waals surface area contributed by atoms with Gasteiger partial charge in [0, 0.05) is 50.3 Å². The molecule has 0 bridgehead atoms. The van der Waals surface area contributed by atoms with Crippen LogP contribution in [0.15, 0.2) is 54.0 Å². The maximum atomic E-state index is 12.9. The number of carbonyl (C=O) groups is 1. The van der Waals surface area contributed by atoms with Gasteiger partial charge in [-0.1, -0.05) is 18.2 Å². The third-order valence-corrected chi connectivity index (χ3v) is 7.04. The minimum absolute atomic E-state index is 0.231. The molecule has 182 valence electrons. The second-order valence-electron chi connectivity index (χ2n) is 8.89. The van der Waals surface area contributed by atoms with Gasteiger partial charge in [0.05, 0.1) is 16.6 Å². The van der Waals surface area contributed by atoms with Crippen molar-refractivity contribution in [2.75, 3.05) is 44.6 Å². The quantitative estimate of drug-likeness (QED) is 0.382. The Balaban J connectivity index is 1.29. The third kappa shape index (κ3) is 5.37. The van der Waals surface area contributed by atoms with Crippen molar-refractivity contribution in [2.24, 2.45) is 0 Å². The minimum atomic E-state index is -0.231. The number of thiazole rings is 1. The van der Waals surface area contributed by atoms with Crippen molar-refractivity contribution in [1.82, 2.24) is 24.8 Å². The van der Waals surface area contributed by atoms with Gasteiger partial charge in [0.2, 0.25) is 0 Å². The fourth-order valence-electron chi connectivity index (χ4n) is 4.37. The number of benzene rings is 2. The number of nitrogens with zero attached hydrogens (tertiary/aromatic N) is 4. The van der Waals surface area contributed by atoms with Gasteiger partial charge in [0.25, 0.3) is 5.91 Å². The van der Waals surface area contributed by atoms with Gasteiger partial charge in [0.1, 0.15) is 23.7 Å². The lowest BCUT2D eigenvalue weighted by atomic mass is 10.1. The number of piperazine rings is 1. The average molecular weight is 491 g/mol. The first kappa shape index (κ1) is 23.5. The molecule has 1 aliphatic heterocycles. The van der Waals surface area contributed by atoms with Crippen LogP contribution in [0.3, 0.4) is 0 Å². The summed E-state index contributed by atoms with van der Waals surface area (Å²) >= 11 is 1.38. The maximum Gasteiger partial charge on any atom is 0.259 e. The Morgan fingerprint density at radius 1 is 1.14 bits per heavy atom. The van der Waals surface area contributed by atoms with Crippen molar-refractivity contribution in [3.63, 3.8) is 0 Å². The van der Waals surface area contributed by atoms with E-state index in [1.807, 2.05) is 41.8 Å². The smallest absolute Gasteiger partial charge is 0.259 e. The van der Waals surface area contributed by atoms with E-state index in [-0.39, 0.29) is 5.91 Å². The summed E-state index contributed by atoms with van der Waals surface area (Å²) in [7, 11) is 0. The first-order valence-electron chi connectivity index (χ1n) is 12.0. The minimum Gasteiger partial charge on any atom is -0.491 e. The first-order chi connectivity index (χ1) is 17.1. The monoisotopic (exact) mass is 490 g/mol. The number of hydrogen-bond donors (Lipinski definition) is 2. The van der Waals surface area contributed by atoms with Gasteiger partial charge in [-0.25, -0.2) is 9.97 Å². The number of amides is 1. The third-order valence-electron chi connectivity index (χ3n) is 6.35. The molecule has 2 aromatic carbocycles. The molecule has 9 heteroatoms. The van der Waals surface area contributed by atoms with E-state index >= 15 is 0 Å². The first-order valence-corrected chi connectivity index (χ1v) is 12.8. The largest absolute Gasteiger partial charge is 0.491 e. The molecule has 0 unspecified atom stereocenters. The van der Waals surface area contributed by atoms with Crippen molar-refractivity contribution in [1.29, 1.82) is 0 Å². The summed E-state index contributed by atoms with van der Waals surface area (Å²) < 4.78 is 6.21. The van der Waals surface area contributed by atoms with Gasteiger partial charge in [-0.2, -0.15) is 0 Å². The SMILES string of the molecule is CC(C)N1CCN(CCOc2ccccc2-c2nc3c(C(=O)Nc4nccs4)cccc3[nH]2)CC1. The summed E-state index contributed by atoms with van der Waals surface area (Å²) in [6.07, 6.45) is 1.66. The summed E-state index contributed by atoms with van der Waals surface area (Å²) in [5.41, 5.74) is 2.79. The number of para-hydroxylation sites is 2. The van der Waals surface area contributed by atoms with Crippen molar-refractivity contribution < 1.29 is 9.53 Å². The molecule has 4 aromatic rings. The topological polar surface area (TPSA) is 86.4 Å². The van der Waals surface area contributed by atoms with Crippen LogP contribution in [0.2, 0.25) is 0 Å². The summed E-state index contributed by atoms with van der Waals surface area (Å²) in [4.78, 5) is 30.1. The number of rotatable bonds is 8. The lowest BCUT2D eigenvalue weighted by molar-refractivity contribution is 0.0972.